The van der Waals surface area contributed by atoms with E-state index >= 15 is 0 Å². The van der Waals surface area contributed by atoms with E-state index in [-0.39, 0.29) is 5.91 Å². The van der Waals surface area contributed by atoms with Crippen molar-refractivity contribution < 1.29 is 23.7 Å². The number of aromatic nitrogens is 1. The zero-order valence-corrected chi connectivity index (χ0v) is 17.3. The predicted octanol–water partition coefficient (Wildman–Crippen LogP) is 2.46. The summed E-state index contributed by atoms with van der Waals surface area (Å²) in [6.45, 7) is 4.80. The van der Waals surface area contributed by atoms with Gasteiger partial charge in [0.15, 0.2) is 11.5 Å². The van der Waals surface area contributed by atoms with Crippen molar-refractivity contribution in [3.05, 3.63) is 48.2 Å². The molecule has 0 unspecified atom stereocenters. The van der Waals surface area contributed by atoms with Gasteiger partial charge in [-0.3, -0.25) is 9.69 Å². The minimum Gasteiger partial charge on any atom is -0.493 e. The Balaban J connectivity index is 1.46. The third kappa shape index (κ3) is 6.47. The van der Waals surface area contributed by atoms with Crippen LogP contribution in [0.2, 0.25) is 0 Å². The van der Waals surface area contributed by atoms with E-state index in [9.17, 15) is 4.79 Å². The highest BCUT2D eigenvalue weighted by molar-refractivity contribution is 6.01. The number of methoxy groups -OCH3 is 2. The van der Waals surface area contributed by atoms with Crippen molar-refractivity contribution in [2.75, 3.05) is 59.0 Å². The third-order valence-corrected chi connectivity index (χ3v) is 4.60. The summed E-state index contributed by atoms with van der Waals surface area (Å²) in [5.74, 6) is 1.51. The molecule has 1 N–H and O–H groups in total. The molecule has 0 radical (unpaired) electrons. The molecule has 160 valence electrons. The minimum absolute atomic E-state index is 0.257. The molecule has 8 nitrogen and oxygen atoms in total. The highest BCUT2D eigenvalue weighted by Gasteiger charge is 2.10. The fourth-order valence-electron chi connectivity index (χ4n) is 2.96. The lowest BCUT2D eigenvalue weighted by molar-refractivity contribution is -0.111. The summed E-state index contributed by atoms with van der Waals surface area (Å²) in [4.78, 5) is 18.7. The second-order valence-electron chi connectivity index (χ2n) is 6.62. The third-order valence-electron chi connectivity index (χ3n) is 4.60. The van der Waals surface area contributed by atoms with Gasteiger partial charge in [0.05, 0.1) is 39.3 Å². The van der Waals surface area contributed by atoms with Crippen LogP contribution >= 0.6 is 0 Å². The minimum atomic E-state index is -0.257. The quantitative estimate of drug-likeness (QED) is 0.633. The van der Waals surface area contributed by atoms with Crippen molar-refractivity contribution in [2.45, 2.75) is 0 Å². The Morgan fingerprint density at radius 1 is 1.17 bits per heavy atom. The van der Waals surface area contributed by atoms with Crippen molar-refractivity contribution in [2.24, 2.45) is 0 Å². The Kier molecular flexibility index (Phi) is 8.05. The molecule has 0 spiro atoms. The Hall–Kier alpha value is -3.10. The number of ether oxygens (including phenoxy) is 4. The van der Waals surface area contributed by atoms with Crippen LogP contribution < -0.4 is 19.5 Å². The first-order chi connectivity index (χ1) is 14.7. The summed E-state index contributed by atoms with van der Waals surface area (Å²) < 4.78 is 21.5. The van der Waals surface area contributed by atoms with Gasteiger partial charge in [-0.2, -0.15) is 0 Å². The number of nitrogens with one attached hydrogen (secondary N) is 1. The van der Waals surface area contributed by atoms with E-state index in [0.717, 1.165) is 38.4 Å². The maximum Gasteiger partial charge on any atom is 0.248 e. The fourth-order valence-corrected chi connectivity index (χ4v) is 2.96. The van der Waals surface area contributed by atoms with E-state index in [1.165, 1.54) is 6.08 Å². The predicted molar refractivity (Wildman–Crippen MR) is 114 cm³/mol. The molecule has 0 bridgehead atoms. The van der Waals surface area contributed by atoms with Gasteiger partial charge in [0.2, 0.25) is 11.8 Å². The molecule has 1 saturated heterocycles. The molecule has 2 aromatic rings. The molecule has 0 atom stereocenters. The fraction of sp³-hybridized carbons (Fsp3) is 0.364. The molecule has 2 heterocycles. The zero-order chi connectivity index (χ0) is 21.2. The van der Waals surface area contributed by atoms with Crippen LogP contribution in [0, 0.1) is 0 Å². The average molecular weight is 413 g/mol. The van der Waals surface area contributed by atoms with Gasteiger partial charge < -0.3 is 24.3 Å². The number of morpholine rings is 1. The number of benzene rings is 1. The number of carbonyl (C=O) groups is 1. The first kappa shape index (κ1) is 21.6. The topological polar surface area (TPSA) is 82.2 Å². The summed E-state index contributed by atoms with van der Waals surface area (Å²) in [6.07, 6.45) is 4.73. The molecule has 1 aromatic carbocycles. The van der Waals surface area contributed by atoms with Crippen LogP contribution in [-0.2, 0) is 9.53 Å². The van der Waals surface area contributed by atoms with Crippen molar-refractivity contribution in [3.8, 4) is 17.4 Å². The molecular formula is C22H27N3O5. The highest BCUT2D eigenvalue weighted by atomic mass is 16.5. The summed E-state index contributed by atoms with van der Waals surface area (Å²) >= 11 is 0. The van der Waals surface area contributed by atoms with Crippen LogP contribution in [0.25, 0.3) is 6.08 Å². The van der Waals surface area contributed by atoms with E-state index in [1.807, 2.05) is 6.07 Å². The molecule has 0 saturated carbocycles. The molecule has 1 aliphatic rings. The molecular weight excluding hydrogens is 386 g/mol. The van der Waals surface area contributed by atoms with Crippen LogP contribution in [-0.4, -0.2) is 69.5 Å². The Morgan fingerprint density at radius 3 is 2.67 bits per heavy atom. The van der Waals surface area contributed by atoms with Crippen LogP contribution in [0.15, 0.2) is 42.6 Å². The number of amides is 1. The molecule has 0 aliphatic carbocycles. The standard InChI is InChI=1S/C22H27N3O5/c1-27-19-6-3-17(15-20(19)28-2)4-7-21(26)24-18-5-8-22(23-16-18)30-14-11-25-9-12-29-13-10-25/h3-8,15-16H,9-14H2,1-2H3,(H,24,26)/b7-4+. The van der Waals surface area contributed by atoms with E-state index in [1.54, 1.807) is 50.8 Å². The number of hydrogen-bond acceptors (Lipinski definition) is 7. The summed E-state index contributed by atoms with van der Waals surface area (Å²) in [5.41, 5.74) is 1.42. The lowest BCUT2D eigenvalue weighted by Gasteiger charge is -2.26. The summed E-state index contributed by atoms with van der Waals surface area (Å²) in [6, 6.07) is 8.94. The first-order valence-corrected chi connectivity index (χ1v) is 9.78. The number of pyridine rings is 1. The molecule has 1 amide bonds. The lowest BCUT2D eigenvalue weighted by atomic mass is 10.2. The van der Waals surface area contributed by atoms with Crippen LogP contribution in [0.5, 0.6) is 17.4 Å². The number of hydrogen-bond donors (Lipinski definition) is 1. The van der Waals surface area contributed by atoms with E-state index < -0.39 is 0 Å². The lowest BCUT2D eigenvalue weighted by Crippen LogP contribution is -2.38. The molecule has 3 rings (SSSR count). The maximum atomic E-state index is 12.2. The summed E-state index contributed by atoms with van der Waals surface area (Å²) in [7, 11) is 3.15. The molecule has 1 aromatic heterocycles. The Bertz CT molecular complexity index is 848. The highest BCUT2D eigenvalue weighted by Crippen LogP contribution is 2.28. The van der Waals surface area contributed by atoms with Gasteiger partial charge in [0.25, 0.3) is 0 Å². The zero-order valence-electron chi connectivity index (χ0n) is 17.3. The molecule has 8 heteroatoms. The van der Waals surface area contributed by atoms with Crippen molar-refractivity contribution in [1.29, 1.82) is 0 Å². The SMILES string of the molecule is COc1ccc(/C=C/C(=O)Nc2ccc(OCCN3CCOCC3)nc2)cc1OC. The normalized spacial score (nSPS) is 14.5. The van der Waals surface area contributed by atoms with Gasteiger partial charge in [-0.1, -0.05) is 6.07 Å². The smallest absolute Gasteiger partial charge is 0.248 e. The average Bonchev–Trinajstić information content (AvgIpc) is 2.79. The summed E-state index contributed by atoms with van der Waals surface area (Å²) in [5, 5.41) is 2.78. The molecule has 1 fully saturated rings. The van der Waals surface area contributed by atoms with Gasteiger partial charge in [0, 0.05) is 31.8 Å². The monoisotopic (exact) mass is 413 g/mol. The molecule has 1 aliphatic heterocycles. The Labute approximate surface area is 176 Å². The van der Waals surface area contributed by atoms with Crippen molar-refractivity contribution in [3.63, 3.8) is 0 Å². The van der Waals surface area contributed by atoms with E-state index in [2.05, 4.69) is 15.2 Å². The second-order valence-corrected chi connectivity index (χ2v) is 6.62. The maximum absolute atomic E-state index is 12.2. The number of anilines is 1. The van der Waals surface area contributed by atoms with Gasteiger partial charge in [0.1, 0.15) is 6.61 Å². The number of nitrogens with zero attached hydrogens (tertiary/aromatic N) is 2. The van der Waals surface area contributed by atoms with Gasteiger partial charge in [-0.15, -0.1) is 0 Å². The van der Waals surface area contributed by atoms with Gasteiger partial charge in [-0.05, 0) is 29.8 Å². The van der Waals surface area contributed by atoms with Crippen LogP contribution in [0.1, 0.15) is 5.56 Å². The first-order valence-electron chi connectivity index (χ1n) is 9.78. The van der Waals surface area contributed by atoms with Crippen molar-refractivity contribution in [1.82, 2.24) is 9.88 Å². The van der Waals surface area contributed by atoms with E-state index in [4.69, 9.17) is 18.9 Å². The van der Waals surface area contributed by atoms with Gasteiger partial charge in [-0.25, -0.2) is 4.98 Å². The van der Waals surface area contributed by atoms with Crippen LogP contribution in [0.3, 0.4) is 0 Å². The molecule has 30 heavy (non-hydrogen) atoms. The van der Waals surface area contributed by atoms with Crippen molar-refractivity contribution >= 4 is 17.7 Å². The largest absolute Gasteiger partial charge is 0.493 e. The number of carbonyl (C=O) groups excluding carboxylic acids is 1. The van der Waals surface area contributed by atoms with Crippen LogP contribution in [0.4, 0.5) is 5.69 Å². The Morgan fingerprint density at radius 2 is 1.97 bits per heavy atom. The second kappa shape index (κ2) is 11.2. The number of rotatable bonds is 9. The van der Waals surface area contributed by atoms with Gasteiger partial charge >= 0.3 is 0 Å². The van der Waals surface area contributed by atoms with E-state index in [0.29, 0.717) is 29.7 Å².